The average molecular weight is 377 g/mol. The van der Waals surface area contributed by atoms with E-state index in [-0.39, 0.29) is 17.9 Å². The van der Waals surface area contributed by atoms with Crippen molar-refractivity contribution in [3.8, 4) is 0 Å². The first-order chi connectivity index (χ1) is 13.1. The Morgan fingerprint density at radius 3 is 2.15 bits per heavy atom. The maximum atomic E-state index is 12.8. The Balaban J connectivity index is 1.81. The molecule has 0 spiro atoms. The van der Waals surface area contributed by atoms with Gasteiger partial charge in [-0.25, -0.2) is 0 Å². The van der Waals surface area contributed by atoms with E-state index in [9.17, 15) is 9.59 Å². The van der Waals surface area contributed by atoms with Crippen LogP contribution in [0.2, 0.25) is 5.02 Å². The molecule has 4 rings (SSSR count). The number of carbonyl (C=O) groups is 1. The molecule has 1 aromatic heterocycles. The van der Waals surface area contributed by atoms with Gasteiger partial charge in [-0.1, -0.05) is 41.9 Å². The second-order valence-electron chi connectivity index (χ2n) is 6.41. The van der Waals surface area contributed by atoms with Gasteiger partial charge in [0.25, 0.3) is 0 Å². The third kappa shape index (κ3) is 3.09. The van der Waals surface area contributed by atoms with Gasteiger partial charge < -0.3 is 9.88 Å². The first-order valence-electron chi connectivity index (χ1n) is 8.61. The highest BCUT2D eigenvalue weighted by atomic mass is 35.5. The summed E-state index contributed by atoms with van der Waals surface area (Å²) in [6.07, 6.45) is 0. The van der Waals surface area contributed by atoms with Crippen LogP contribution in [0.3, 0.4) is 0 Å². The fraction of sp³-hybridized carbons (Fsp3) is 0.0909. The first kappa shape index (κ1) is 17.3. The van der Waals surface area contributed by atoms with Gasteiger partial charge in [0.15, 0.2) is 5.43 Å². The number of carbonyl (C=O) groups excluding carboxylic acids is 1. The predicted octanol–water partition coefficient (Wildman–Crippen LogP) is 4.76. The molecule has 0 saturated heterocycles. The van der Waals surface area contributed by atoms with E-state index >= 15 is 0 Å². The number of aromatic nitrogens is 1. The molecule has 0 aliphatic heterocycles. The number of anilines is 1. The van der Waals surface area contributed by atoms with Crippen LogP contribution in [0.4, 0.5) is 5.69 Å². The third-order valence-electron chi connectivity index (χ3n) is 4.72. The zero-order valence-electron chi connectivity index (χ0n) is 14.7. The van der Waals surface area contributed by atoms with E-state index in [1.54, 1.807) is 24.3 Å². The largest absolute Gasteiger partial charge is 0.331 e. The zero-order valence-corrected chi connectivity index (χ0v) is 15.5. The molecule has 4 aromatic rings. The van der Waals surface area contributed by atoms with Gasteiger partial charge in [-0.2, -0.15) is 0 Å². The van der Waals surface area contributed by atoms with E-state index < -0.39 is 0 Å². The molecule has 1 heterocycles. The van der Waals surface area contributed by atoms with Crippen molar-refractivity contribution in [3.63, 3.8) is 0 Å². The van der Waals surface area contributed by atoms with Crippen LogP contribution in [-0.4, -0.2) is 10.5 Å². The Hall–Kier alpha value is -3.11. The molecule has 0 bridgehead atoms. The van der Waals surface area contributed by atoms with Crippen LogP contribution in [0, 0.1) is 6.92 Å². The average Bonchev–Trinajstić information content (AvgIpc) is 2.69. The van der Waals surface area contributed by atoms with Crippen LogP contribution in [0.15, 0.2) is 71.5 Å². The molecule has 1 N–H and O–H groups in total. The van der Waals surface area contributed by atoms with E-state index in [4.69, 9.17) is 11.6 Å². The second-order valence-corrected chi connectivity index (χ2v) is 6.82. The number of halogens is 1. The van der Waals surface area contributed by atoms with Crippen LogP contribution >= 0.6 is 11.6 Å². The SMILES string of the molecule is Cc1c(Cl)cccc1NC(=O)Cn1c2ccccc2c(=O)c2ccccc21. The number of pyridine rings is 1. The van der Waals surface area contributed by atoms with Crippen molar-refractivity contribution in [2.75, 3.05) is 5.32 Å². The van der Waals surface area contributed by atoms with Crippen LogP contribution in [0.5, 0.6) is 0 Å². The van der Waals surface area contributed by atoms with Crippen LogP contribution in [0.25, 0.3) is 21.8 Å². The van der Waals surface area contributed by atoms with E-state index in [0.29, 0.717) is 21.5 Å². The van der Waals surface area contributed by atoms with Crippen molar-refractivity contribution in [3.05, 3.63) is 87.5 Å². The van der Waals surface area contributed by atoms with E-state index in [1.807, 2.05) is 54.0 Å². The third-order valence-corrected chi connectivity index (χ3v) is 5.13. The second kappa shape index (κ2) is 6.89. The van der Waals surface area contributed by atoms with Crippen molar-refractivity contribution in [2.45, 2.75) is 13.5 Å². The monoisotopic (exact) mass is 376 g/mol. The van der Waals surface area contributed by atoms with Crippen LogP contribution in [-0.2, 0) is 11.3 Å². The van der Waals surface area contributed by atoms with Gasteiger partial charge in [-0.15, -0.1) is 0 Å². The molecular weight excluding hydrogens is 360 g/mol. The summed E-state index contributed by atoms with van der Waals surface area (Å²) in [5.74, 6) is -0.181. The van der Waals surface area contributed by atoms with Gasteiger partial charge in [0, 0.05) is 21.5 Å². The minimum atomic E-state index is -0.181. The Morgan fingerprint density at radius 2 is 1.52 bits per heavy atom. The lowest BCUT2D eigenvalue weighted by Crippen LogP contribution is -2.22. The normalized spacial score (nSPS) is 11.0. The minimum Gasteiger partial charge on any atom is -0.331 e. The zero-order chi connectivity index (χ0) is 19.0. The number of hydrogen-bond acceptors (Lipinski definition) is 2. The summed E-state index contributed by atoms with van der Waals surface area (Å²) in [7, 11) is 0. The molecule has 0 aliphatic rings. The molecule has 1 amide bonds. The maximum absolute atomic E-state index is 12.8. The number of amides is 1. The fourth-order valence-corrected chi connectivity index (χ4v) is 3.50. The van der Waals surface area contributed by atoms with Crippen molar-refractivity contribution >= 4 is 45.0 Å². The molecule has 0 aliphatic carbocycles. The Bertz CT molecular complexity index is 1180. The molecule has 27 heavy (non-hydrogen) atoms. The number of fused-ring (bicyclic) bond motifs is 2. The Morgan fingerprint density at radius 1 is 0.926 bits per heavy atom. The van der Waals surface area contributed by atoms with Gasteiger partial charge in [0.05, 0.1) is 11.0 Å². The summed E-state index contributed by atoms with van der Waals surface area (Å²) in [5, 5.41) is 4.72. The molecule has 0 saturated carbocycles. The number of benzene rings is 3. The number of para-hydroxylation sites is 2. The molecule has 134 valence electrons. The van der Waals surface area contributed by atoms with Crippen molar-refractivity contribution in [1.82, 2.24) is 4.57 Å². The summed E-state index contributed by atoms with van der Waals surface area (Å²) in [5.41, 5.74) is 2.95. The van der Waals surface area contributed by atoms with Gasteiger partial charge in [-0.3, -0.25) is 9.59 Å². The summed E-state index contributed by atoms with van der Waals surface area (Å²) in [6, 6.07) is 20.1. The van der Waals surface area contributed by atoms with Crippen LogP contribution < -0.4 is 10.7 Å². The fourth-order valence-electron chi connectivity index (χ4n) is 3.32. The van der Waals surface area contributed by atoms with E-state index in [0.717, 1.165) is 16.6 Å². The predicted molar refractivity (Wildman–Crippen MR) is 111 cm³/mol. The highest BCUT2D eigenvalue weighted by Crippen LogP contribution is 2.23. The van der Waals surface area contributed by atoms with Crippen molar-refractivity contribution in [2.24, 2.45) is 0 Å². The Kier molecular flexibility index (Phi) is 4.42. The lowest BCUT2D eigenvalue weighted by atomic mass is 10.1. The number of hydrogen-bond donors (Lipinski definition) is 1. The lowest BCUT2D eigenvalue weighted by Gasteiger charge is -2.16. The molecule has 4 nitrogen and oxygen atoms in total. The smallest absolute Gasteiger partial charge is 0.244 e. The summed E-state index contributed by atoms with van der Waals surface area (Å²) in [6.45, 7) is 1.95. The van der Waals surface area contributed by atoms with Gasteiger partial charge in [0.1, 0.15) is 6.54 Å². The topological polar surface area (TPSA) is 51.1 Å². The molecule has 0 radical (unpaired) electrons. The standard InChI is InChI=1S/C22H17ClN2O2/c1-14-17(23)9-6-10-18(14)24-21(26)13-25-19-11-4-2-7-15(19)22(27)16-8-3-5-12-20(16)25/h2-12H,13H2,1H3,(H,24,26). The van der Waals surface area contributed by atoms with Crippen molar-refractivity contribution in [1.29, 1.82) is 0 Å². The molecule has 0 fully saturated rings. The molecule has 5 heteroatoms. The van der Waals surface area contributed by atoms with E-state index in [2.05, 4.69) is 5.32 Å². The van der Waals surface area contributed by atoms with Crippen LogP contribution in [0.1, 0.15) is 5.56 Å². The first-order valence-corrected chi connectivity index (χ1v) is 8.99. The highest BCUT2D eigenvalue weighted by molar-refractivity contribution is 6.31. The van der Waals surface area contributed by atoms with Gasteiger partial charge in [-0.05, 0) is 48.9 Å². The number of nitrogens with zero attached hydrogens (tertiary/aromatic N) is 1. The summed E-state index contributed by atoms with van der Waals surface area (Å²) >= 11 is 6.14. The minimum absolute atomic E-state index is 0.0245. The molecule has 3 aromatic carbocycles. The number of nitrogens with one attached hydrogen (secondary N) is 1. The van der Waals surface area contributed by atoms with Crippen molar-refractivity contribution < 1.29 is 4.79 Å². The number of rotatable bonds is 3. The molecule has 0 unspecified atom stereocenters. The van der Waals surface area contributed by atoms with Gasteiger partial charge in [0.2, 0.25) is 5.91 Å². The van der Waals surface area contributed by atoms with E-state index in [1.165, 1.54) is 0 Å². The summed E-state index contributed by atoms with van der Waals surface area (Å²) < 4.78 is 1.88. The lowest BCUT2D eigenvalue weighted by molar-refractivity contribution is -0.116. The van der Waals surface area contributed by atoms with Gasteiger partial charge >= 0.3 is 0 Å². The molecular formula is C22H17ClN2O2. The summed E-state index contributed by atoms with van der Waals surface area (Å²) in [4.78, 5) is 25.5. The maximum Gasteiger partial charge on any atom is 0.244 e. The highest BCUT2D eigenvalue weighted by Gasteiger charge is 2.13. The Labute approximate surface area is 161 Å². The quantitative estimate of drug-likeness (QED) is 0.524. The molecule has 0 atom stereocenters.